The van der Waals surface area contributed by atoms with Gasteiger partial charge in [0, 0.05) is 35.9 Å². The average Bonchev–Trinajstić information content (AvgIpc) is 3.53. The van der Waals surface area contributed by atoms with Crippen molar-refractivity contribution in [2.75, 3.05) is 26.2 Å². The maximum absolute atomic E-state index is 5.90. The summed E-state index contributed by atoms with van der Waals surface area (Å²) in [5.74, 6) is 2.20. The molecule has 1 fully saturated rings. The van der Waals surface area contributed by atoms with Crippen LogP contribution in [0.25, 0.3) is 5.69 Å². The van der Waals surface area contributed by atoms with Crippen LogP contribution in [0.15, 0.2) is 85.2 Å². The number of ether oxygens (including phenoxy) is 3. The zero-order chi connectivity index (χ0) is 24.4. The fourth-order valence-electron chi connectivity index (χ4n) is 4.53. The molecule has 1 N–H and O–H groups in total. The minimum Gasteiger partial charge on any atom is -0.497 e. The molecular weight excluding hydrogens is 460 g/mol. The number of hydrogen-bond donors (Lipinski definition) is 1. The van der Waals surface area contributed by atoms with Crippen LogP contribution in [0.3, 0.4) is 0 Å². The van der Waals surface area contributed by atoms with E-state index >= 15 is 0 Å². The molecule has 5 rings (SSSR count). The number of nitrogens with zero attached hydrogens (tertiary/aromatic N) is 3. The number of rotatable bonds is 7. The molecule has 3 heterocycles. The summed E-state index contributed by atoms with van der Waals surface area (Å²) in [6, 6.07) is 23.3. The van der Waals surface area contributed by atoms with Crippen molar-refractivity contribution in [3.8, 4) is 22.9 Å². The van der Waals surface area contributed by atoms with Gasteiger partial charge in [0.25, 0.3) is 0 Å². The lowest BCUT2D eigenvalue weighted by atomic mass is 10.0. The monoisotopic (exact) mass is 486 g/mol. The number of benzene rings is 2. The molecule has 8 heteroatoms. The molecular formula is C27H26N4O3S. The van der Waals surface area contributed by atoms with E-state index in [-0.39, 0.29) is 12.1 Å². The van der Waals surface area contributed by atoms with Gasteiger partial charge in [-0.1, -0.05) is 12.1 Å². The van der Waals surface area contributed by atoms with Crippen LogP contribution >= 0.6 is 12.2 Å². The first-order chi connectivity index (χ1) is 17.1. The Balaban J connectivity index is 1.70. The van der Waals surface area contributed by atoms with Gasteiger partial charge in [-0.05, 0) is 60.7 Å². The largest absolute Gasteiger partial charge is 0.497 e. The zero-order valence-electron chi connectivity index (χ0n) is 19.7. The molecule has 35 heavy (non-hydrogen) atoms. The Morgan fingerprint density at radius 1 is 0.857 bits per heavy atom. The first-order valence-electron chi connectivity index (χ1n) is 11.2. The van der Waals surface area contributed by atoms with Crippen molar-refractivity contribution in [1.82, 2.24) is 14.9 Å². The highest BCUT2D eigenvalue weighted by molar-refractivity contribution is 7.80. The average molecular weight is 487 g/mol. The van der Waals surface area contributed by atoms with Crippen LogP contribution < -0.4 is 24.4 Å². The summed E-state index contributed by atoms with van der Waals surface area (Å²) in [6.45, 7) is 0. The van der Waals surface area contributed by atoms with Gasteiger partial charge in [-0.2, -0.15) is 0 Å². The molecule has 0 spiro atoms. The second-order valence-corrected chi connectivity index (χ2v) is 8.43. The molecule has 1 aliphatic rings. The number of anilines is 1. The van der Waals surface area contributed by atoms with E-state index in [4.69, 9.17) is 26.4 Å². The topological polar surface area (TPSA) is 60.8 Å². The lowest BCUT2D eigenvalue weighted by Crippen LogP contribution is -2.30. The Kier molecular flexibility index (Phi) is 6.29. The standard InChI is InChI=1S/C27H26N4O3S/c1-32-19-9-6-8-18(16-19)30-15-7-11-22(30)26-25(21-10-4-5-14-28-21)29-27(35)31(26)23-17-20(33-2)12-13-24(23)34-3/h4-17,25-26H,1-3H3,(H,29,35). The highest BCUT2D eigenvalue weighted by Crippen LogP contribution is 2.46. The fraction of sp³-hybridized carbons (Fsp3) is 0.185. The molecule has 2 aromatic heterocycles. The summed E-state index contributed by atoms with van der Waals surface area (Å²) in [4.78, 5) is 6.74. The van der Waals surface area contributed by atoms with Crippen LogP contribution in [0, 0.1) is 0 Å². The van der Waals surface area contributed by atoms with Gasteiger partial charge in [-0.3, -0.25) is 4.98 Å². The van der Waals surface area contributed by atoms with E-state index in [0.717, 1.165) is 28.5 Å². The number of methoxy groups -OCH3 is 3. The number of thiocarbonyl (C=S) groups is 1. The van der Waals surface area contributed by atoms with Gasteiger partial charge in [-0.15, -0.1) is 0 Å². The summed E-state index contributed by atoms with van der Waals surface area (Å²) >= 11 is 5.90. The van der Waals surface area contributed by atoms with Crippen molar-refractivity contribution < 1.29 is 14.2 Å². The molecule has 0 amide bonds. The second-order valence-electron chi connectivity index (χ2n) is 8.04. The van der Waals surface area contributed by atoms with Gasteiger partial charge in [0.2, 0.25) is 0 Å². The Bertz CT molecular complexity index is 1340. The fourth-order valence-corrected chi connectivity index (χ4v) is 4.87. The molecule has 1 saturated heterocycles. The lowest BCUT2D eigenvalue weighted by molar-refractivity contribution is 0.402. The zero-order valence-corrected chi connectivity index (χ0v) is 20.5. The van der Waals surface area contributed by atoms with E-state index in [1.54, 1.807) is 27.5 Å². The normalized spacial score (nSPS) is 17.2. The van der Waals surface area contributed by atoms with Crippen molar-refractivity contribution in [2.24, 2.45) is 0 Å². The molecule has 2 unspecified atom stereocenters. The third-order valence-electron chi connectivity index (χ3n) is 6.16. The van der Waals surface area contributed by atoms with Crippen molar-refractivity contribution in [1.29, 1.82) is 0 Å². The van der Waals surface area contributed by atoms with Crippen LogP contribution in [0.1, 0.15) is 23.5 Å². The first-order valence-corrected chi connectivity index (χ1v) is 11.6. The highest BCUT2D eigenvalue weighted by atomic mass is 32.1. The molecule has 4 aromatic rings. The summed E-state index contributed by atoms with van der Waals surface area (Å²) < 4.78 is 18.9. The molecule has 2 aromatic carbocycles. The first kappa shape index (κ1) is 22.7. The van der Waals surface area contributed by atoms with Crippen molar-refractivity contribution in [2.45, 2.75) is 12.1 Å². The van der Waals surface area contributed by atoms with Crippen LogP contribution in [0.2, 0.25) is 0 Å². The molecule has 7 nitrogen and oxygen atoms in total. The minimum absolute atomic E-state index is 0.195. The van der Waals surface area contributed by atoms with E-state index in [1.807, 2.05) is 66.9 Å². The molecule has 2 atom stereocenters. The van der Waals surface area contributed by atoms with Gasteiger partial charge in [-0.25, -0.2) is 0 Å². The van der Waals surface area contributed by atoms with E-state index < -0.39 is 0 Å². The van der Waals surface area contributed by atoms with Gasteiger partial charge in [0.15, 0.2) is 5.11 Å². The minimum atomic E-state index is -0.223. The van der Waals surface area contributed by atoms with E-state index in [9.17, 15) is 0 Å². The Labute approximate surface area is 209 Å². The maximum Gasteiger partial charge on any atom is 0.174 e. The SMILES string of the molecule is COc1cccc(-n2cccc2C2C(c3ccccn3)NC(=S)N2c2cc(OC)ccc2OC)c1. The van der Waals surface area contributed by atoms with Crippen molar-refractivity contribution in [3.63, 3.8) is 0 Å². The molecule has 0 radical (unpaired) electrons. The van der Waals surface area contributed by atoms with E-state index in [0.29, 0.717) is 16.6 Å². The summed E-state index contributed by atoms with van der Waals surface area (Å²) in [5.41, 5.74) is 3.72. The number of pyridine rings is 1. The van der Waals surface area contributed by atoms with Gasteiger partial charge in [0.1, 0.15) is 23.3 Å². The van der Waals surface area contributed by atoms with Crippen LogP contribution in [0.5, 0.6) is 17.2 Å². The highest BCUT2D eigenvalue weighted by Gasteiger charge is 2.43. The van der Waals surface area contributed by atoms with E-state index in [2.05, 4.69) is 31.9 Å². The molecule has 0 aliphatic carbocycles. The third kappa shape index (κ3) is 4.17. The molecule has 1 aliphatic heterocycles. The second kappa shape index (κ2) is 9.68. The predicted octanol–water partition coefficient (Wildman–Crippen LogP) is 5.08. The Morgan fingerprint density at radius 3 is 2.43 bits per heavy atom. The lowest BCUT2D eigenvalue weighted by Gasteiger charge is -2.30. The summed E-state index contributed by atoms with van der Waals surface area (Å²) in [6.07, 6.45) is 3.84. The van der Waals surface area contributed by atoms with Gasteiger partial charge < -0.3 is 29.0 Å². The third-order valence-corrected chi connectivity index (χ3v) is 6.47. The summed E-state index contributed by atoms with van der Waals surface area (Å²) in [5, 5.41) is 4.09. The summed E-state index contributed by atoms with van der Waals surface area (Å²) in [7, 11) is 4.97. The van der Waals surface area contributed by atoms with Crippen molar-refractivity contribution in [3.05, 3.63) is 96.6 Å². The molecule has 0 bridgehead atoms. The van der Waals surface area contributed by atoms with Gasteiger partial charge in [0.05, 0.1) is 38.8 Å². The van der Waals surface area contributed by atoms with Gasteiger partial charge >= 0.3 is 0 Å². The van der Waals surface area contributed by atoms with Crippen LogP contribution in [-0.4, -0.2) is 36.0 Å². The Morgan fingerprint density at radius 2 is 1.69 bits per heavy atom. The smallest absolute Gasteiger partial charge is 0.174 e. The van der Waals surface area contributed by atoms with Crippen LogP contribution in [0.4, 0.5) is 5.69 Å². The van der Waals surface area contributed by atoms with Crippen molar-refractivity contribution >= 4 is 23.0 Å². The predicted molar refractivity (Wildman–Crippen MR) is 140 cm³/mol. The van der Waals surface area contributed by atoms with E-state index in [1.165, 1.54) is 0 Å². The maximum atomic E-state index is 5.90. The van der Waals surface area contributed by atoms with Crippen LogP contribution in [-0.2, 0) is 0 Å². The Hall–Kier alpha value is -4.04. The molecule has 0 saturated carbocycles. The number of nitrogens with one attached hydrogen (secondary N) is 1. The number of hydrogen-bond acceptors (Lipinski definition) is 5. The molecule has 178 valence electrons. The quantitative estimate of drug-likeness (QED) is 0.366. The number of aromatic nitrogens is 2.